The zero-order chi connectivity index (χ0) is 24.3. The van der Waals surface area contributed by atoms with Crippen molar-refractivity contribution in [2.24, 2.45) is 5.92 Å². The number of aryl methyl sites for hydroxylation is 1. The van der Waals surface area contributed by atoms with Crippen LogP contribution in [0.25, 0.3) is 0 Å². The number of nitrogens with zero attached hydrogens (tertiary/aromatic N) is 3. The lowest BCUT2D eigenvalue weighted by atomic mass is 9.98. The van der Waals surface area contributed by atoms with Crippen LogP contribution in [0.15, 0.2) is 52.9 Å². The number of anilines is 2. The van der Waals surface area contributed by atoms with Crippen LogP contribution in [0.5, 0.6) is 0 Å². The SMILES string of the molecule is Cc1ccccc1C(=O)Nc1nnc(S(=O)(=O)NC(C)c2ccc(N3CCC(C)CC3)cc2)s1. The molecule has 1 aliphatic rings. The number of sulfonamides is 1. The Labute approximate surface area is 204 Å². The van der Waals surface area contributed by atoms with E-state index in [0.717, 1.165) is 47.2 Å². The minimum atomic E-state index is -3.90. The van der Waals surface area contributed by atoms with Crippen LogP contribution in [0.1, 0.15) is 54.2 Å². The summed E-state index contributed by atoms with van der Waals surface area (Å²) in [5.74, 6) is 0.407. The van der Waals surface area contributed by atoms with E-state index in [1.54, 1.807) is 19.1 Å². The molecule has 0 bridgehead atoms. The highest BCUT2D eigenvalue weighted by molar-refractivity contribution is 7.91. The number of benzene rings is 2. The van der Waals surface area contributed by atoms with Gasteiger partial charge in [-0.05, 0) is 61.9 Å². The summed E-state index contributed by atoms with van der Waals surface area (Å²) in [5.41, 5.74) is 3.32. The van der Waals surface area contributed by atoms with Crippen LogP contribution in [-0.2, 0) is 10.0 Å². The van der Waals surface area contributed by atoms with Crippen molar-refractivity contribution in [3.05, 3.63) is 65.2 Å². The largest absolute Gasteiger partial charge is 0.372 e. The highest BCUT2D eigenvalue weighted by Crippen LogP contribution is 2.26. The lowest BCUT2D eigenvalue weighted by molar-refractivity contribution is 0.102. The molecule has 0 saturated carbocycles. The van der Waals surface area contributed by atoms with Crippen molar-refractivity contribution in [2.75, 3.05) is 23.3 Å². The van der Waals surface area contributed by atoms with Crippen LogP contribution in [0.4, 0.5) is 10.8 Å². The molecule has 8 nitrogen and oxygen atoms in total. The smallest absolute Gasteiger partial charge is 0.270 e. The van der Waals surface area contributed by atoms with Crippen LogP contribution in [0.2, 0.25) is 0 Å². The number of nitrogens with one attached hydrogen (secondary N) is 2. The molecule has 1 saturated heterocycles. The van der Waals surface area contributed by atoms with Crippen LogP contribution in [-0.4, -0.2) is 37.6 Å². The fourth-order valence-electron chi connectivity index (χ4n) is 3.95. The van der Waals surface area contributed by atoms with E-state index in [9.17, 15) is 13.2 Å². The second-order valence-corrected chi connectivity index (χ2v) is 11.6. The summed E-state index contributed by atoms with van der Waals surface area (Å²) in [5, 5.41) is 10.4. The predicted molar refractivity (Wildman–Crippen MR) is 135 cm³/mol. The van der Waals surface area contributed by atoms with Gasteiger partial charge in [0.25, 0.3) is 15.9 Å². The number of amides is 1. The fraction of sp³-hybridized carbons (Fsp3) is 0.375. The normalized spacial score (nSPS) is 15.8. The van der Waals surface area contributed by atoms with E-state index >= 15 is 0 Å². The zero-order valence-electron chi connectivity index (χ0n) is 19.5. The van der Waals surface area contributed by atoms with E-state index in [4.69, 9.17) is 0 Å². The first-order valence-electron chi connectivity index (χ1n) is 11.3. The van der Waals surface area contributed by atoms with Gasteiger partial charge in [0.2, 0.25) is 9.47 Å². The number of carbonyl (C=O) groups is 1. The molecule has 1 aliphatic heterocycles. The molecule has 3 aromatic rings. The quantitative estimate of drug-likeness (QED) is 0.468. The maximum absolute atomic E-state index is 12.9. The molecule has 1 fully saturated rings. The molecule has 2 heterocycles. The Morgan fingerprint density at radius 2 is 1.76 bits per heavy atom. The van der Waals surface area contributed by atoms with Crippen LogP contribution >= 0.6 is 11.3 Å². The average Bonchev–Trinajstić information content (AvgIpc) is 3.29. The lowest BCUT2D eigenvalue weighted by Gasteiger charge is -2.32. The van der Waals surface area contributed by atoms with Gasteiger partial charge in [0.05, 0.1) is 0 Å². The minimum absolute atomic E-state index is 0.126. The van der Waals surface area contributed by atoms with E-state index in [-0.39, 0.29) is 15.4 Å². The predicted octanol–water partition coefficient (Wildman–Crippen LogP) is 4.37. The molecular formula is C24H29N5O3S2. The van der Waals surface area contributed by atoms with Gasteiger partial charge >= 0.3 is 0 Å². The molecule has 34 heavy (non-hydrogen) atoms. The molecule has 0 aliphatic carbocycles. The summed E-state index contributed by atoms with van der Waals surface area (Å²) in [7, 11) is -3.90. The van der Waals surface area contributed by atoms with Crippen molar-refractivity contribution in [3.8, 4) is 0 Å². The lowest BCUT2D eigenvalue weighted by Crippen LogP contribution is -2.32. The van der Waals surface area contributed by atoms with Gasteiger partial charge in [-0.2, -0.15) is 0 Å². The molecule has 0 radical (unpaired) electrons. The summed E-state index contributed by atoms with van der Waals surface area (Å²) in [4.78, 5) is 14.8. The maximum atomic E-state index is 12.9. The zero-order valence-corrected chi connectivity index (χ0v) is 21.1. The van der Waals surface area contributed by atoms with Crippen molar-refractivity contribution in [1.82, 2.24) is 14.9 Å². The van der Waals surface area contributed by atoms with E-state index in [2.05, 4.69) is 32.1 Å². The maximum Gasteiger partial charge on any atom is 0.270 e. The standard InChI is InChI=1S/C24H29N5O3S2/c1-16-12-14-29(15-13-16)20-10-8-19(9-11-20)18(3)28-34(31,32)24-27-26-23(33-24)25-22(30)21-7-5-4-6-17(21)2/h4-11,16,18,28H,12-15H2,1-3H3,(H,25,26,30). The third-order valence-electron chi connectivity index (χ3n) is 6.12. The molecule has 2 N–H and O–H groups in total. The highest BCUT2D eigenvalue weighted by Gasteiger charge is 2.24. The number of hydrogen-bond acceptors (Lipinski definition) is 7. The topological polar surface area (TPSA) is 104 Å². The third kappa shape index (κ3) is 5.63. The van der Waals surface area contributed by atoms with Gasteiger partial charge in [-0.25, -0.2) is 13.1 Å². The van der Waals surface area contributed by atoms with Crippen LogP contribution < -0.4 is 14.9 Å². The first-order chi connectivity index (χ1) is 16.2. The molecule has 0 spiro atoms. The van der Waals surface area contributed by atoms with Gasteiger partial charge in [0.1, 0.15) is 0 Å². The van der Waals surface area contributed by atoms with Gasteiger partial charge in [0, 0.05) is 30.4 Å². The Bertz CT molecular complexity index is 1250. The molecule has 1 atom stereocenters. The van der Waals surface area contributed by atoms with Crippen LogP contribution in [0.3, 0.4) is 0 Å². The van der Waals surface area contributed by atoms with E-state index in [1.165, 1.54) is 12.8 Å². The van der Waals surface area contributed by atoms with E-state index in [0.29, 0.717) is 5.56 Å². The van der Waals surface area contributed by atoms with Gasteiger partial charge in [-0.1, -0.05) is 48.6 Å². The van der Waals surface area contributed by atoms with Crippen LogP contribution in [0, 0.1) is 12.8 Å². The fourth-order valence-corrected chi connectivity index (χ4v) is 6.10. The number of rotatable bonds is 7. The summed E-state index contributed by atoms with van der Waals surface area (Å²) >= 11 is 0.816. The molecule has 4 rings (SSSR count). The minimum Gasteiger partial charge on any atom is -0.372 e. The van der Waals surface area contributed by atoms with E-state index < -0.39 is 16.1 Å². The first-order valence-corrected chi connectivity index (χ1v) is 13.6. The summed E-state index contributed by atoms with van der Waals surface area (Å²) in [6.45, 7) is 7.99. The number of aromatic nitrogens is 2. The van der Waals surface area contributed by atoms with E-state index in [1.807, 2.05) is 43.3 Å². The molecule has 1 aromatic heterocycles. The van der Waals surface area contributed by atoms with Gasteiger partial charge in [0.15, 0.2) is 0 Å². The molecule has 180 valence electrons. The van der Waals surface area contributed by atoms with Crippen molar-refractivity contribution >= 4 is 38.1 Å². The van der Waals surface area contributed by atoms with Crippen molar-refractivity contribution in [3.63, 3.8) is 0 Å². The van der Waals surface area contributed by atoms with Gasteiger partial charge in [-0.3, -0.25) is 10.1 Å². The third-order valence-corrected chi connectivity index (χ3v) is 8.87. The Morgan fingerprint density at radius 3 is 2.44 bits per heavy atom. The molecule has 1 unspecified atom stereocenters. The van der Waals surface area contributed by atoms with Crippen molar-refractivity contribution in [2.45, 2.75) is 44.0 Å². The second-order valence-electron chi connectivity index (χ2n) is 8.75. The highest BCUT2D eigenvalue weighted by atomic mass is 32.2. The Hall–Kier alpha value is -2.82. The summed E-state index contributed by atoms with van der Waals surface area (Å²) in [6, 6.07) is 14.7. The number of piperidine rings is 1. The number of carbonyl (C=O) groups excluding carboxylic acids is 1. The van der Waals surface area contributed by atoms with Gasteiger partial charge < -0.3 is 4.90 Å². The Kier molecular flexibility index (Phi) is 7.30. The monoisotopic (exact) mass is 499 g/mol. The summed E-state index contributed by atoms with van der Waals surface area (Å²) in [6.07, 6.45) is 2.38. The summed E-state index contributed by atoms with van der Waals surface area (Å²) < 4.78 is 28.2. The molecule has 2 aromatic carbocycles. The Morgan fingerprint density at radius 1 is 1.09 bits per heavy atom. The number of hydrogen-bond donors (Lipinski definition) is 2. The molecule has 1 amide bonds. The van der Waals surface area contributed by atoms with Gasteiger partial charge in [-0.15, -0.1) is 10.2 Å². The van der Waals surface area contributed by atoms with Crippen molar-refractivity contribution < 1.29 is 13.2 Å². The molecular weight excluding hydrogens is 470 g/mol. The second kappa shape index (κ2) is 10.2. The Balaban J connectivity index is 1.39. The molecule has 10 heteroatoms. The first kappa shape index (κ1) is 24.3. The average molecular weight is 500 g/mol. The van der Waals surface area contributed by atoms with Crippen molar-refractivity contribution in [1.29, 1.82) is 0 Å².